The Hall–Kier alpha value is -13.4. The van der Waals surface area contributed by atoms with Gasteiger partial charge in [0.05, 0.1) is 70.0 Å². The van der Waals surface area contributed by atoms with Crippen LogP contribution in [0.5, 0.6) is 0 Å². The minimum Gasteiger partial charge on any atom is -0.347 e. The molecule has 634 valence electrons. The van der Waals surface area contributed by atoms with E-state index in [0.29, 0.717) is 35.5 Å². The predicted octanol–water partition coefficient (Wildman–Crippen LogP) is 25.0. The van der Waals surface area contributed by atoms with E-state index in [1.165, 1.54) is 118 Å². The van der Waals surface area contributed by atoms with Crippen LogP contribution in [0.1, 0.15) is 160 Å². The number of benzene rings is 10. The van der Waals surface area contributed by atoms with E-state index in [0.717, 1.165) is 51.2 Å². The highest BCUT2D eigenvalue weighted by atomic mass is 15.5. The molecule has 0 unspecified atom stereocenters. The molecule has 0 fully saturated rings. The van der Waals surface area contributed by atoms with E-state index < -0.39 is 0 Å². The van der Waals surface area contributed by atoms with Gasteiger partial charge in [0.25, 0.3) is 11.6 Å². The van der Waals surface area contributed by atoms with Gasteiger partial charge in [0.1, 0.15) is 60.8 Å². The monoisotopic (exact) mass is 1660 g/mol. The second-order valence-corrected chi connectivity index (χ2v) is 36.0. The Morgan fingerprint density at radius 2 is 0.616 bits per heavy atom. The number of pyridine rings is 2. The molecule has 0 saturated carbocycles. The molecule has 4 atom stereocenters. The SMILES string of the molecule is Cc1c(N2c3ccccc3N(C(C)C)[C@H]2C)cc(C(C)(C)C)cc1-[n+]1c(C)ccc2ccccc21.Cc1cc(N2c3ccccc3N(C(C)C)[C@H]2C)c(C)c(-[n+]2cccnc2C)c1.[C-]#[N+]c1cc(N2c3ccccc3N(C(C)C)[C@H]2C)c(C)c(-[n+]2c(C)ccc3ccccc32)c1.[C-]#[N+]c1cc(N2c3ccccc3N(C(C)C)[C@H]2C)c(C)c(-[n+]2cccnc2C)c1. The van der Waals surface area contributed by atoms with Crippen LogP contribution in [0.25, 0.3) is 54.2 Å². The zero-order valence-electron chi connectivity index (χ0n) is 77.5. The summed E-state index contributed by atoms with van der Waals surface area (Å²) in [6, 6.07) is 83.5. The highest BCUT2D eigenvalue weighted by Crippen LogP contribution is 2.52. The van der Waals surface area contributed by atoms with Crippen molar-refractivity contribution in [1.82, 2.24) is 9.97 Å². The van der Waals surface area contributed by atoms with E-state index in [2.05, 4.69) is 437 Å². The molecule has 0 saturated heterocycles. The predicted molar refractivity (Wildman–Crippen MR) is 519 cm³/mol. The van der Waals surface area contributed by atoms with Gasteiger partial charge in [0.15, 0.2) is 22.8 Å². The summed E-state index contributed by atoms with van der Waals surface area (Å²) in [5, 5.41) is 2.44. The standard InChI is InChI=1S/C32H38N3.C29H29N4.C24H26N5.C24H29N4/c1-21(2)33-24(5)35(29-16-12-11-15-28(29)33)31-20-26(32(6,7)8)19-30(23(31)4)34-22(3)17-18-25-13-9-10-14-27(25)34;1-19(2)31-22(5)33(27-14-10-9-13-26(27)31)29-18-24(30-6)17-28(21(29)4)32-20(3)15-16-23-11-7-8-12-25(23)32;1-16(2)28-19(5)29(22-11-8-7-10-21(22)28)24-15-20(25-6)14-23(17(24)3)27-13-9-12-26-18(27)4;1-16(2)27-20(6)28(22-11-8-7-10-21(22)27)24-15-17(3)14-23(18(24)4)26-13-9-12-25-19(26)5/h9-21,24H,1-8H3;7-19,22H,1-5H3;7-16,19H,1-5H3;7-16,20H,1-6H3/q4*+1/t24-;22-;19-;20-/m1111/s1. The third-order valence-electron chi connectivity index (χ3n) is 25.6. The van der Waals surface area contributed by atoms with Crippen molar-refractivity contribution < 1.29 is 18.3 Å². The van der Waals surface area contributed by atoms with Crippen LogP contribution in [0.3, 0.4) is 0 Å². The molecule has 0 bridgehead atoms. The molecule has 16 nitrogen and oxygen atoms in total. The van der Waals surface area contributed by atoms with Crippen LogP contribution in [-0.4, -0.2) is 58.8 Å². The molecule has 4 aromatic heterocycles. The largest absolute Gasteiger partial charge is 0.347 e. The molecule has 4 aliphatic heterocycles. The maximum absolute atomic E-state index is 7.85. The molecule has 0 spiro atoms. The van der Waals surface area contributed by atoms with Gasteiger partial charge in [-0.1, -0.05) is 104 Å². The molecule has 18 rings (SSSR count). The van der Waals surface area contributed by atoms with Crippen molar-refractivity contribution in [2.24, 2.45) is 0 Å². The van der Waals surface area contributed by atoms with Crippen molar-refractivity contribution in [3.8, 4) is 22.7 Å². The third-order valence-corrected chi connectivity index (χ3v) is 25.6. The van der Waals surface area contributed by atoms with Crippen LogP contribution >= 0.6 is 0 Å². The Morgan fingerprint density at radius 1 is 0.320 bits per heavy atom. The first-order valence-corrected chi connectivity index (χ1v) is 44.3. The molecule has 10 aromatic carbocycles. The van der Waals surface area contributed by atoms with Gasteiger partial charge >= 0.3 is 0 Å². The summed E-state index contributed by atoms with van der Waals surface area (Å²) in [4.78, 5) is 36.2. The molecule has 0 amide bonds. The fourth-order valence-electron chi connectivity index (χ4n) is 19.8. The number of nitrogens with zero attached hydrogens (tertiary/aromatic N) is 16. The van der Waals surface area contributed by atoms with E-state index in [1.54, 1.807) is 6.20 Å². The third kappa shape index (κ3) is 15.9. The van der Waals surface area contributed by atoms with E-state index in [1.807, 2.05) is 55.7 Å². The van der Waals surface area contributed by atoms with Gasteiger partial charge in [-0.25, -0.2) is 18.8 Å². The molecule has 125 heavy (non-hydrogen) atoms. The maximum Gasteiger partial charge on any atom is 0.300 e. The van der Waals surface area contributed by atoms with Crippen molar-refractivity contribution in [3.05, 3.63) is 335 Å². The molecule has 0 aliphatic carbocycles. The minimum absolute atomic E-state index is 0.0243. The molecule has 16 heteroatoms. The lowest BCUT2D eigenvalue weighted by Gasteiger charge is -2.34. The van der Waals surface area contributed by atoms with Crippen LogP contribution in [0.15, 0.2) is 255 Å². The van der Waals surface area contributed by atoms with E-state index in [9.17, 15) is 0 Å². The second kappa shape index (κ2) is 35.1. The van der Waals surface area contributed by atoms with Crippen molar-refractivity contribution in [2.75, 3.05) is 39.2 Å². The fourth-order valence-corrected chi connectivity index (χ4v) is 19.8. The average molecular weight is 1660 g/mol. The van der Waals surface area contributed by atoms with Crippen LogP contribution in [0, 0.1) is 75.5 Å². The summed E-state index contributed by atoms with van der Waals surface area (Å²) in [7, 11) is 0. The molecule has 8 heterocycles. The van der Waals surface area contributed by atoms with E-state index in [-0.39, 0.29) is 30.1 Å². The molecule has 0 radical (unpaired) electrons. The second-order valence-electron chi connectivity index (χ2n) is 36.0. The highest BCUT2D eigenvalue weighted by molar-refractivity contribution is 5.91. The Balaban J connectivity index is 0.000000129. The molecule has 14 aromatic rings. The molecular formula is C109H122N16+4. The number of fused-ring (bicyclic) bond motifs is 6. The quantitative estimate of drug-likeness (QED) is 0.0872. The topological polar surface area (TPSA) is 75.9 Å². The lowest BCUT2D eigenvalue weighted by molar-refractivity contribution is -0.607. The summed E-state index contributed by atoms with van der Waals surface area (Å²) in [6.07, 6.45) is 8.52. The van der Waals surface area contributed by atoms with Gasteiger partial charge in [-0.15, -0.1) is 0 Å². The fraction of sp³-hybridized carbons (Fsp3) is 0.303. The van der Waals surface area contributed by atoms with Crippen molar-refractivity contribution in [2.45, 2.75) is 220 Å². The zero-order valence-corrected chi connectivity index (χ0v) is 77.5. The van der Waals surface area contributed by atoms with Gasteiger partial charge in [0, 0.05) is 145 Å². The van der Waals surface area contributed by atoms with Gasteiger partial charge in [-0.05, 0) is 243 Å². The Kier molecular flexibility index (Phi) is 24.3. The minimum atomic E-state index is 0.0243. The number of anilines is 12. The Bertz CT molecular complexity index is 6520. The molecule has 4 aliphatic rings. The Morgan fingerprint density at radius 3 is 0.952 bits per heavy atom. The maximum atomic E-state index is 7.85. The summed E-state index contributed by atoms with van der Waals surface area (Å²) in [5.74, 6) is 1.88. The average Bonchev–Trinajstić information content (AvgIpc) is 1.67. The number of aromatic nitrogens is 6. The first-order chi connectivity index (χ1) is 59.8. The summed E-state index contributed by atoms with van der Waals surface area (Å²) < 4.78 is 8.96. The van der Waals surface area contributed by atoms with Crippen molar-refractivity contribution in [1.29, 1.82) is 0 Å². The number of aryl methyl sites for hydroxylation is 5. The summed E-state index contributed by atoms with van der Waals surface area (Å²) in [6.45, 7) is 68.9. The van der Waals surface area contributed by atoms with Crippen molar-refractivity contribution >= 4 is 101 Å². The zero-order chi connectivity index (χ0) is 89.0. The van der Waals surface area contributed by atoms with Crippen LogP contribution < -0.4 is 57.5 Å². The summed E-state index contributed by atoms with van der Waals surface area (Å²) in [5.41, 5.74) is 32.7. The lowest BCUT2D eigenvalue weighted by atomic mass is 9.85. The first-order valence-electron chi connectivity index (χ1n) is 44.3. The van der Waals surface area contributed by atoms with Gasteiger partial charge in [0.2, 0.25) is 22.4 Å². The van der Waals surface area contributed by atoms with Crippen molar-refractivity contribution in [3.63, 3.8) is 0 Å². The molecule has 0 N–H and O–H groups in total. The number of rotatable bonds is 12. The van der Waals surface area contributed by atoms with Crippen LogP contribution in [0.2, 0.25) is 0 Å². The normalized spacial score (nSPS) is 15.7. The van der Waals surface area contributed by atoms with Gasteiger partial charge in [-0.2, -0.15) is 9.13 Å². The number of para-hydroxylation sites is 10. The van der Waals surface area contributed by atoms with Crippen LogP contribution in [0.4, 0.5) is 79.6 Å². The smallest absolute Gasteiger partial charge is 0.300 e. The molecular weight excluding hydrogens is 1530 g/mol. The summed E-state index contributed by atoms with van der Waals surface area (Å²) >= 11 is 0. The van der Waals surface area contributed by atoms with Gasteiger partial charge < -0.3 is 39.2 Å². The number of hydrogen-bond acceptors (Lipinski definition) is 10. The van der Waals surface area contributed by atoms with Gasteiger partial charge in [-0.3, -0.25) is 0 Å². The number of hydrogen-bond donors (Lipinski definition) is 0. The first kappa shape index (κ1) is 86.5. The van der Waals surface area contributed by atoms with E-state index >= 15 is 0 Å². The van der Waals surface area contributed by atoms with E-state index in [4.69, 9.17) is 13.1 Å². The van der Waals surface area contributed by atoms with Crippen LogP contribution in [-0.2, 0) is 5.41 Å². The Labute approximate surface area is 742 Å². The highest BCUT2D eigenvalue weighted by Gasteiger charge is 2.43. The lowest BCUT2D eigenvalue weighted by Crippen LogP contribution is -2.43.